The van der Waals surface area contributed by atoms with E-state index in [1.165, 1.54) is 0 Å². The second-order valence-corrected chi connectivity index (χ2v) is 10.5. The molecule has 2 aromatic carbocycles. The maximum Gasteiger partial charge on any atom is 0.238 e. The lowest BCUT2D eigenvalue weighted by atomic mass is 9.76. The molecule has 3 N–H and O–H groups in total. The van der Waals surface area contributed by atoms with Gasteiger partial charge in [0.1, 0.15) is 6.04 Å². The average Bonchev–Trinajstić information content (AvgIpc) is 2.79. The molecule has 0 radical (unpaired) electrons. The number of sulfonamides is 1. The Morgan fingerprint density at radius 2 is 1.66 bits per heavy atom. The fourth-order valence-corrected chi connectivity index (χ4v) is 5.27. The van der Waals surface area contributed by atoms with Gasteiger partial charge in [-0.05, 0) is 60.4 Å². The highest BCUT2D eigenvalue weighted by atomic mass is 32.2. The van der Waals surface area contributed by atoms with Crippen LogP contribution < -0.4 is 15.4 Å². The first-order chi connectivity index (χ1) is 15.3. The fourth-order valence-electron chi connectivity index (χ4n) is 4.70. The molecule has 2 saturated heterocycles. The monoisotopic (exact) mass is 452 g/mol. The number of benzene rings is 2. The zero-order valence-electron chi connectivity index (χ0n) is 18.0. The minimum absolute atomic E-state index is 0.0645. The highest BCUT2D eigenvalue weighted by Crippen LogP contribution is 2.33. The molecule has 5 rings (SSSR count). The smallest absolute Gasteiger partial charge is 0.238 e. The number of rotatable bonds is 7. The van der Waals surface area contributed by atoms with Gasteiger partial charge in [-0.15, -0.1) is 0 Å². The van der Waals surface area contributed by atoms with E-state index in [0.29, 0.717) is 24.1 Å². The molecule has 168 valence electrons. The number of carbonyl (C=O) groups excluding carboxylic acids is 1. The molecule has 8 heteroatoms. The maximum atomic E-state index is 12.7. The van der Waals surface area contributed by atoms with Gasteiger partial charge in [0.2, 0.25) is 15.9 Å². The molecule has 1 amide bonds. The van der Waals surface area contributed by atoms with E-state index < -0.39 is 16.1 Å². The second-order valence-electron chi connectivity index (χ2n) is 8.80. The predicted molar refractivity (Wildman–Crippen MR) is 124 cm³/mol. The van der Waals surface area contributed by atoms with Crippen LogP contribution in [0.3, 0.4) is 0 Å². The number of anilines is 1. The van der Waals surface area contributed by atoms with Crippen LogP contribution in [0.1, 0.15) is 31.2 Å². The molecule has 2 aliphatic heterocycles. The summed E-state index contributed by atoms with van der Waals surface area (Å²) in [6, 6.07) is 16.9. The van der Waals surface area contributed by atoms with Gasteiger partial charge >= 0.3 is 0 Å². The van der Waals surface area contributed by atoms with Gasteiger partial charge in [-0.2, -0.15) is 5.26 Å². The van der Waals surface area contributed by atoms with Crippen molar-refractivity contribution < 1.29 is 13.2 Å². The van der Waals surface area contributed by atoms with E-state index in [9.17, 15) is 18.5 Å². The third kappa shape index (κ3) is 5.47. The molecule has 2 atom stereocenters. The molecule has 2 aromatic rings. The molecule has 2 unspecified atom stereocenters. The molecule has 1 saturated carbocycles. The summed E-state index contributed by atoms with van der Waals surface area (Å²) in [6.45, 7) is 0. The summed E-state index contributed by atoms with van der Waals surface area (Å²) < 4.78 is 25.1. The molecule has 32 heavy (non-hydrogen) atoms. The normalized spacial score (nSPS) is 23.2. The Hall–Kier alpha value is -2.89. The van der Waals surface area contributed by atoms with Crippen LogP contribution in [-0.2, 0) is 21.2 Å². The third-order valence-electron chi connectivity index (χ3n) is 6.33. The molecule has 3 aliphatic rings. The van der Waals surface area contributed by atoms with E-state index in [4.69, 9.17) is 0 Å². The van der Waals surface area contributed by atoms with Crippen LogP contribution in [0, 0.1) is 17.2 Å². The van der Waals surface area contributed by atoms with Crippen LogP contribution in [0.5, 0.6) is 0 Å². The number of piperidine rings is 2. The van der Waals surface area contributed by atoms with E-state index in [1.54, 1.807) is 12.1 Å². The zero-order chi connectivity index (χ0) is 22.7. The first-order valence-electron chi connectivity index (χ1n) is 10.9. The minimum Gasteiger partial charge on any atom is -0.339 e. The summed E-state index contributed by atoms with van der Waals surface area (Å²) in [4.78, 5) is 12.7. The van der Waals surface area contributed by atoms with Gasteiger partial charge in [0.25, 0.3) is 0 Å². The summed E-state index contributed by atoms with van der Waals surface area (Å²) in [7, 11) is -3.30. The number of nitrogens with one attached hydrogen (secondary N) is 3. The number of hydrogen-bond donors (Lipinski definition) is 3. The van der Waals surface area contributed by atoms with Crippen molar-refractivity contribution in [1.82, 2.24) is 10.6 Å². The highest BCUT2D eigenvalue weighted by Gasteiger charge is 2.39. The van der Waals surface area contributed by atoms with Crippen molar-refractivity contribution in [2.75, 3.05) is 11.0 Å². The molecule has 1 aliphatic carbocycles. The van der Waals surface area contributed by atoms with E-state index in [0.717, 1.165) is 48.6 Å². The van der Waals surface area contributed by atoms with Crippen molar-refractivity contribution in [3.8, 4) is 17.2 Å². The average molecular weight is 453 g/mol. The van der Waals surface area contributed by atoms with Gasteiger partial charge in [0, 0.05) is 18.2 Å². The Balaban J connectivity index is 1.36. The van der Waals surface area contributed by atoms with Crippen molar-refractivity contribution >= 4 is 21.6 Å². The van der Waals surface area contributed by atoms with Crippen LogP contribution in [0.4, 0.5) is 5.69 Å². The summed E-state index contributed by atoms with van der Waals surface area (Å²) in [5.74, 6) is 0.308. The standard InChI is InChI=1S/C24H28N4O3S/c1-32(30,31)28-21-12-6-18(7-13-21)17-4-2-16(3-5-17)14-22(15-25)27-24(29)23-19-8-10-20(26-23)11-9-19/h2-7,12-13,19-20,22-23,26,28H,8-11,14H2,1H3,(H,27,29). The van der Waals surface area contributed by atoms with Gasteiger partial charge in [-0.1, -0.05) is 36.4 Å². The first-order valence-corrected chi connectivity index (χ1v) is 12.8. The van der Waals surface area contributed by atoms with Gasteiger partial charge in [-0.3, -0.25) is 9.52 Å². The minimum atomic E-state index is -3.30. The van der Waals surface area contributed by atoms with Crippen molar-refractivity contribution in [3.05, 3.63) is 54.1 Å². The van der Waals surface area contributed by atoms with Crippen molar-refractivity contribution in [3.63, 3.8) is 0 Å². The van der Waals surface area contributed by atoms with E-state index in [1.807, 2.05) is 36.4 Å². The van der Waals surface area contributed by atoms with Crippen LogP contribution in [0.25, 0.3) is 11.1 Å². The van der Waals surface area contributed by atoms with Gasteiger partial charge in [-0.25, -0.2) is 8.42 Å². The van der Waals surface area contributed by atoms with E-state index in [-0.39, 0.29) is 11.9 Å². The van der Waals surface area contributed by atoms with Crippen LogP contribution >= 0.6 is 0 Å². The van der Waals surface area contributed by atoms with Gasteiger partial charge in [0.15, 0.2) is 0 Å². The topological polar surface area (TPSA) is 111 Å². The fraction of sp³-hybridized carbons (Fsp3) is 0.417. The van der Waals surface area contributed by atoms with Crippen molar-refractivity contribution in [2.45, 2.75) is 50.2 Å². The molecular formula is C24H28N4O3S. The van der Waals surface area contributed by atoms with E-state index >= 15 is 0 Å². The summed E-state index contributed by atoms with van der Waals surface area (Å²) >= 11 is 0. The Morgan fingerprint density at radius 1 is 1.06 bits per heavy atom. The first kappa shape index (κ1) is 22.3. The Morgan fingerprint density at radius 3 is 2.16 bits per heavy atom. The molecular weight excluding hydrogens is 424 g/mol. The van der Waals surface area contributed by atoms with Crippen molar-refractivity contribution in [1.29, 1.82) is 5.26 Å². The molecule has 0 aromatic heterocycles. The largest absolute Gasteiger partial charge is 0.339 e. The highest BCUT2D eigenvalue weighted by molar-refractivity contribution is 7.92. The Labute approximate surface area is 189 Å². The maximum absolute atomic E-state index is 12.7. The molecule has 3 fully saturated rings. The van der Waals surface area contributed by atoms with E-state index in [2.05, 4.69) is 21.4 Å². The lowest BCUT2D eigenvalue weighted by molar-refractivity contribution is -0.127. The summed E-state index contributed by atoms with van der Waals surface area (Å²) in [5, 5.41) is 15.9. The van der Waals surface area contributed by atoms with Crippen LogP contribution in [0.15, 0.2) is 48.5 Å². The number of nitrogens with zero attached hydrogens (tertiary/aromatic N) is 1. The third-order valence-corrected chi connectivity index (χ3v) is 6.94. The summed E-state index contributed by atoms with van der Waals surface area (Å²) in [5.41, 5.74) is 3.43. The molecule has 2 bridgehead atoms. The molecule has 2 heterocycles. The lowest BCUT2D eigenvalue weighted by Crippen LogP contribution is -2.59. The Bertz CT molecular complexity index is 1100. The summed E-state index contributed by atoms with van der Waals surface area (Å²) in [6.07, 6.45) is 6.01. The van der Waals surface area contributed by atoms with Gasteiger partial charge < -0.3 is 10.6 Å². The SMILES string of the molecule is CS(=O)(=O)Nc1ccc(-c2ccc(CC(C#N)NC(=O)C3NC4CCC3CC4)cc2)cc1. The number of fused-ring (bicyclic) bond motifs is 3. The number of nitriles is 1. The number of amides is 1. The molecule has 7 nitrogen and oxygen atoms in total. The lowest BCUT2D eigenvalue weighted by Gasteiger charge is -2.42. The number of hydrogen-bond acceptors (Lipinski definition) is 5. The quantitative estimate of drug-likeness (QED) is 0.598. The van der Waals surface area contributed by atoms with Gasteiger partial charge in [0.05, 0.1) is 18.4 Å². The van der Waals surface area contributed by atoms with Crippen molar-refractivity contribution in [2.24, 2.45) is 5.92 Å². The second kappa shape index (κ2) is 9.31. The number of carbonyl (C=O) groups is 1. The Kier molecular flexibility index (Phi) is 6.49. The van der Waals surface area contributed by atoms with Crippen LogP contribution in [-0.4, -0.2) is 38.7 Å². The zero-order valence-corrected chi connectivity index (χ0v) is 18.9. The molecule has 0 spiro atoms. The van der Waals surface area contributed by atoms with Crippen LogP contribution in [0.2, 0.25) is 0 Å². The predicted octanol–water partition coefficient (Wildman–Crippen LogP) is 2.81.